The van der Waals surface area contributed by atoms with E-state index in [-0.39, 0.29) is 60.4 Å². The van der Waals surface area contributed by atoms with Crippen LogP contribution in [0.25, 0.3) is 0 Å². The number of halogens is 3. The highest BCUT2D eigenvalue weighted by Crippen LogP contribution is 2.27. The topological polar surface area (TPSA) is 141 Å². The Kier molecular flexibility index (Phi) is 13.1. The Hall–Kier alpha value is -3.73. The molecule has 4 N–H and O–H groups in total. The molecule has 0 aliphatic carbocycles. The Morgan fingerprint density at radius 2 is 1.77 bits per heavy atom. The Bertz CT molecular complexity index is 1650. The predicted octanol–water partition coefficient (Wildman–Crippen LogP) is 4.81. The van der Waals surface area contributed by atoms with Crippen molar-refractivity contribution >= 4 is 54.8 Å². The summed E-state index contributed by atoms with van der Waals surface area (Å²) >= 11 is 0. The number of aromatic nitrogens is 5. The third-order valence-corrected chi connectivity index (χ3v) is 7.75. The number of nitrogen functional groups attached to an aromatic ring is 1. The Balaban J connectivity index is 0.00000225. The molecule has 0 fully saturated rings. The first-order valence-corrected chi connectivity index (χ1v) is 14.0. The number of rotatable bonds is 9. The summed E-state index contributed by atoms with van der Waals surface area (Å²) in [4.78, 5) is 44.8. The van der Waals surface area contributed by atoms with Crippen LogP contribution in [-0.2, 0) is 24.2 Å². The summed E-state index contributed by atoms with van der Waals surface area (Å²) in [5, 5.41) is 6.23. The van der Waals surface area contributed by atoms with E-state index in [2.05, 4.69) is 69.5 Å². The number of anilines is 2. The summed E-state index contributed by atoms with van der Waals surface area (Å²) in [5.74, 6) is 0.902. The summed E-state index contributed by atoms with van der Waals surface area (Å²) in [6, 6.07) is 9.25. The van der Waals surface area contributed by atoms with Gasteiger partial charge in [0.15, 0.2) is 5.82 Å². The minimum atomic E-state index is -0.608. The second-order valence-electron chi connectivity index (χ2n) is 10.6. The van der Waals surface area contributed by atoms with E-state index >= 15 is 0 Å². The highest BCUT2D eigenvalue weighted by Gasteiger charge is 2.31. The lowest BCUT2D eigenvalue weighted by molar-refractivity contribution is -0.124. The van der Waals surface area contributed by atoms with Gasteiger partial charge >= 0.3 is 0 Å². The monoisotopic (exact) mass is 660 g/mol. The van der Waals surface area contributed by atoms with Gasteiger partial charge in [-0.05, 0) is 68.4 Å². The molecule has 1 aromatic carbocycles. The summed E-state index contributed by atoms with van der Waals surface area (Å²) < 4.78 is 1.57. The summed E-state index contributed by atoms with van der Waals surface area (Å²) in [6.45, 7) is 8.74. The zero-order chi connectivity index (χ0) is 29.1. The van der Waals surface area contributed by atoms with Gasteiger partial charge in [-0.2, -0.15) is 0 Å². The molecule has 1 aliphatic rings. The van der Waals surface area contributed by atoms with Crippen LogP contribution in [0, 0.1) is 20.8 Å². The number of pyridine rings is 1. The average molecular weight is 662 g/mol. The zero-order valence-electron chi connectivity index (χ0n) is 25.2. The number of carbonyl (C=O) groups excluding carboxylic acids is 1. The Morgan fingerprint density at radius 3 is 2.43 bits per heavy atom. The largest absolute Gasteiger partial charge is 0.384 e. The fourth-order valence-electron chi connectivity index (χ4n) is 5.39. The molecule has 0 bridgehead atoms. The standard InChI is InChI=1S/C31H36N8O2.3ClH/c1-5-21-13-33-28(34-14-21)25(24-9-6-18(2)12-19(24)3)17-36-29-31(41)39-23(16-35-29)8-10-26(39)30(40)37-15-22-7-11-27(32)38-20(22)4;;;/h6-7,9,11-14,16,25-26H,5,8,10,15,17H2,1-4H3,(H2,32,38)(H,35,36)(H,37,40);3*1H/t25-,26+;;;/m1.../s1. The molecule has 5 rings (SSSR count). The number of hydrogen-bond donors (Lipinski definition) is 3. The molecular weight excluding hydrogens is 623 g/mol. The van der Waals surface area contributed by atoms with Gasteiger partial charge in [0.05, 0.1) is 5.92 Å². The van der Waals surface area contributed by atoms with Gasteiger partial charge in [-0.25, -0.2) is 19.9 Å². The zero-order valence-corrected chi connectivity index (χ0v) is 27.6. The van der Waals surface area contributed by atoms with Crippen LogP contribution in [0.1, 0.15) is 70.3 Å². The van der Waals surface area contributed by atoms with E-state index in [4.69, 9.17) is 5.73 Å². The molecule has 3 aromatic heterocycles. The van der Waals surface area contributed by atoms with Crippen LogP contribution >= 0.6 is 37.2 Å². The van der Waals surface area contributed by atoms with Crippen LogP contribution in [0.4, 0.5) is 11.6 Å². The molecule has 236 valence electrons. The van der Waals surface area contributed by atoms with Gasteiger partial charge < -0.3 is 16.4 Å². The minimum absolute atomic E-state index is 0. The van der Waals surface area contributed by atoms with Crippen molar-refractivity contribution in [3.8, 4) is 0 Å². The fraction of sp³-hybridized carbons (Fsp3) is 0.355. The van der Waals surface area contributed by atoms with E-state index in [1.165, 1.54) is 5.56 Å². The second kappa shape index (κ2) is 15.8. The number of carbonyl (C=O) groups is 1. The molecule has 44 heavy (non-hydrogen) atoms. The highest BCUT2D eigenvalue weighted by molar-refractivity contribution is 5.86. The summed E-state index contributed by atoms with van der Waals surface area (Å²) in [5.41, 5.74) is 12.3. The smallest absolute Gasteiger partial charge is 0.294 e. The van der Waals surface area contributed by atoms with Crippen molar-refractivity contribution in [2.75, 3.05) is 17.6 Å². The number of nitrogens with one attached hydrogen (secondary N) is 2. The van der Waals surface area contributed by atoms with E-state index in [0.29, 0.717) is 37.6 Å². The number of fused-ring (bicyclic) bond motifs is 1. The van der Waals surface area contributed by atoms with Crippen molar-refractivity contribution < 1.29 is 4.79 Å². The molecule has 2 atom stereocenters. The van der Waals surface area contributed by atoms with Gasteiger partial charge in [-0.15, -0.1) is 37.2 Å². The number of benzene rings is 1. The van der Waals surface area contributed by atoms with E-state index in [9.17, 15) is 9.59 Å². The van der Waals surface area contributed by atoms with Crippen molar-refractivity contribution in [1.82, 2.24) is 29.8 Å². The summed E-state index contributed by atoms with van der Waals surface area (Å²) in [6.07, 6.45) is 7.39. The van der Waals surface area contributed by atoms with Gasteiger partial charge in [0, 0.05) is 43.1 Å². The number of nitrogens with zero attached hydrogens (tertiary/aromatic N) is 5. The number of nitrogens with two attached hydrogens (primary N) is 1. The third-order valence-electron chi connectivity index (χ3n) is 7.75. The molecular formula is C31H39Cl3N8O2. The van der Waals surface area contributed by atoms with E-state index < -0.39 is 6.04 Å². The van der Waals surface area contributed by atoms with Crippen LogP contribution in [-0.4, -0.2) is 37.0 Å². The molecule has 4 aromatic rings. The number of hydrogen-bond acceptors (Lipinski definition) is 8. The lowest BCUT2D eigenvalue weighted by atomic mass is 9.92. The van der Waals surface area contributed by atoms with E-state index in [1.54, 1.807) is 16.8 Å². The van der Waals surface area contributed by atoms with Gasteiger partial charge in [0.1, 0.15) is 17.7 Å². The first-order valence-electron chi connectivity index (χ1n) is 14.0. The van der Waals surface area contributed by atoms with Gasteiger partial charge in [0.2, 0.25) is 5.91 Å². The van der Waals surface area contributed by atoms with Crippen LogP contribution in [0.3, 0.4) is 0 Å². The van der Waals surface area contributed by atoms with Gasteiger partial charge in [0.25, 0.3) is 5.56 Å². The lowest BCUT2D eigenvalue weighted by Crippen LogP contribution is -2.36. The van der Waals surface area contributed by atoms with E-state index in [1.807, 2.05) is 25.4 Å². The first-order chi connectivity index (χ1) is 19.7. The molecule has 0 radical (unpaired) electrons. The van der Waals surface area contributed by atoms with Crippen molar-refractivity contribution in [3.05, 3.63) is 104 Å². The van der Waals surface area contributed by atoms with Crippen molar-refractivity contribution in [1.29, 1.82) is 0 Å². The number of aryl methyl sites for hydroxylation is 5. The Labute approximate surface area is 276 Å². The SMILES string of the molecule is CCc1cnc([C@H](CNc2ncc3n(c2=O)[C@H](C(=O)NCc2ccc(N)nc2C)CC3)c2ccc(C)cc2C)nc1.Cl.Cl.Cl. The molecule has 0 saturated carbocycles. The van der Waals surface area contributed by atoms with Gasteiger partial charge in [-0.3, -0.25) is 14.2 Å². The molecule has 0 spiro atoms. The maximum atomic E-state index is 13.6. The average Bonchev–Trinajstić information content (AvgIpc) is 3.40. The first kappa shape index (κ1) is 36.5. The fourth-order valence-corrected chi connectivity index (χ4v) is 5.39. The van der Waals surface area contributed by atoms with Crippen molar-refractivity contribution in [2.24, 2.45) is 0 Å². The summed E-state index contributed by atoms with van der Waals surface area (Å²) in [7, 11) is 0. The molecule has 10 nitrogen and oxygen atoms in total. The maximum absolute atomic E-state index is 13.6. The van der Waals surface area contributed by atoms with E-state index in [0.717, 1.165) is 40.1 Å². The van der Waals surface area contributed by atoms with Crippen LogP contribution in [0.2, 0.25) is 0 Å². The maximum Gasteiger partial charge on any atom is 0.294 e. The molecule has 1 aliphatic heterocycles. The quantitative estimate of drug-likeness (QED) is 0.232. The molecule has 0 unspecified atom stereocenters. The van der Waals surface area contributed by atoms with Gasteiger partial charge in [-0.1, -0.05) is 36.8 Å². The highest BCUT2D eigenvalue weighted by atomic mass is 35.5. The minimum Gasteiger partial charge on any atom is -0.384 e. The van der Waals surface area contributed by atoms with Crippen LogP contribution in [0.15, 0.2) is 53.7 Å². The molecule has 13 heteroatoms. The lowest BCUT2D eigenvalue weighted by Gasteiger charge is -2.20. The molecule has 0 saturated heterocycles. The predicted molar refractivity (Wildman–Crippen MR) is 180 cm³/mol. The third kappa shape index (κ3) is 7.85. The Morgan fingerprint density at radius 1 is 1.05 bits per heavy atom. The van der Waals surface area contributed by atoms with Crippen LogP contribution in [0.5, 0.6) is 0 Å². The second-order valence-corrected chi connectivity index (χ2v) is 10.6. The molecule has 1 amide bonds. The van der Waals surface area contributed by atoms with Crippen molar-refractivity contribution in [3.63, 3.8) is 0 Å². The van der Waals surface area contributed by atoms with Crippen LogP contribution < -0.4 is 21.9 Å². The number of amides is 1. The normalized spacial score (nSPS) is 13.9. The van der Waals surface area contributed by atoms with Crippen molar-refractivity contribution in [2.45, 2.75) is 65.5 Å². The molecule has 4 heterocycles.